The number of alkyl halides is 3. The SMILES string of the molecule is Cc1cccc(C2(O)CCC(C(F)(F)F)CC2)c1C. The molecule has 0 amide bonds. The molecule has 1 aromatic carbocycles. The van der Waals surface area contributed by atoms with Gasteiger partial charge in [-0.2, -0.15) is 13.2 Å². The van der Waals surface area contributed by atoms with Crippen LogP contribution in [0.1, 0.15) is 42.4 Å². The standard InChI is InChI=1S/C15H19F3O/c1-10-4-3-5-13(11(10)2)14(19)8-6-12(7-9-14)15(16,17)18/h3-5,12,19H,6-9H2,1-2H3. The number of rotatable bonds is 1. The molecule has 1 nitrogen and oxygen atoms in total. The molecule has 0 spiro atoms. The molecule has 1 aliphatic carbocycles. The predicted octanol–water partition coefficient (Wildman–Crippen LogP) is 4.24. The minimum Gasteiger partial charge on any atom is -0.385 e. The summed E-state index contributed by atoms with van der Waals surface area (Å²) in [4.78, 5) is 0. The van der Waals surface area contributed by atoms with E-state index in [9.17, 15) is 18.3 Å². The van der Waals surface area contributed by atoms with E-state index in [1.807, 2.05) is 32.0 Å². The van der Waals surface area contributed by atoms with E-state index in [1.165, 1.54) is 0 Å². The van der Waals surface area contributed by atoms with Crippen LogP contribution in [0.3, 0.4) is 0 Å². The zero-order valence-corrected chi connectivity index (χ0v) is 11.2. The third-order valence-corrected chi connectivity index (χ3v) is 4.38. The first-order chi connectivity index (χ1) is 8.74. The van der Waals surface area contributed by atoms with Crippen LogP contribution in [-0.2, 0) is 5.60 Å². The Balaban J connectivity index is 2.21. The van der Waals surface area contributed by atoms with Gasteiger partial charge in [-0.25, -0.2) is 0 Å². The van der Waals surface area contributed by atoms with Crippen molar-refractivity contribution in [2.75, 3.05) is 0 Å². The van der Waals surface area contributed by atoms with Crippen molar-refractivity contribution in [3.63, 3.8) is 0 Å². The highest BCUT2D eigenvalue weighted by atomic mass is 19.4. The lowest BCUT2D eigenvalue weighted by molar-refractivity contribution is -0.193. The van der Waals surface area contributed by atoms with Gasteiger partial charge in [-0.1, -0.05) is 18.2 Å². The summed E-state index contributed by atoms with van der Waals surface area (Å²) in [5.74, 6) is -1.27. The second kappa shape index (κ2) is 4.82. The van der Waals surface area contributed by atoms with Crippen molar-refractivity contribution in [3.8, 4) is 0 Å². The van der Waals surface area contributed by atoms with E-state index in [0.717, 1.165) is 16.7 Å². The maximum Gasteiger partial charge on any atom is 0.391 e. The van der Waals surface area contributed by atoms with Crippen molar-refractivity contribution in [1.82, 2.24) is 0 Å². The summed E-state index contributed by atoms with van der Waals surface area (Å²) in [5, 5.41) is 10.7. The Morgan fingerprint density at radius 2 is 1.74 bits per heavy atom. The van der Waals surface area contributed by atoms with Crippen molar-refractivity contribution in [3.05, 3.63) is 34.9 Å². The predicted molar refractivity (Wildman–Crippen MR) is 67.8 cm³/mol. The lowest BCUT2D eigenvalue weighted by atomic mass is 9.73. The molecule has 2 rings (SSSR count). The van der Waals surface area contributed by atoms with Gasteiger partial charge in [-0.15, -0.1) is 0 Å². The van der Waals surface area contributed by atoms with Gasteiger partial charge in [0.2, 0.25) is 0 Å². The molecule has 0 unspecified atom stereocenters. The number of aryl methyl sites for hydroxylation is 1. The van der Waals surface area contributed by atoms with Crippen LogP contribution in [0.15, 0.2) is 18.2 Å². The molecule has 4 heteroatoms. The Hall–Kier alpha value is -1.03. The smallest absolute Gasteiger partial charge is 0.385 e. The molecule has 1 fully saturated rings. The van der Waals surface area contributed by atoms with Crippen LogP contribution in [0.4, 0.5) is 13.2 Å². The summed E-state index contributed by atoms with van der Waals surface area (Å²) in [7, 11) is 0. The van der Waals surface area contributed by atoms with Crippen LogP contribution >= 0.6 is 0 Å². The Labute approximate surface area is 111 Å². The maximum absolute atomic E-state index is 12.7. The van der Waals surface area contributed by atoms with E-state index in [4.69, 9.17) is 0 Å². The van der Waals surface area contributed by atoms with Gasteiger partial charge in [-0.05, 0) is 56.2 Å². The fraction of sp³-hybridized carbons (Fsp3) is 0.600. The van der Waals surface area contributed by atoms with Gasteiger partial charge in [0.15, 0.2) is 0 Å². The fourth-order valence-electron chi connectivity index (χ4n) is 2.95. The molecule has 0 saturated heterocycles. The highest BCUT2D eigenvalue weighted by Crippen LogP contribution is 2.45. The van der Waals surface area contributed by atoms with Crippen LogP contribution in [0, 0.1) is 19.8 Å². The average molecular weight is 272 g/mol. The largest absolute Gasteiger partial charge is 0.391 e. The molecule has 0 aliphatic heterocycles. The van der Waals surface area contributed by atoms with E-state index >= 15 is 0 Å². The Morgan fingerprint density at radius 1 is 1.16 bits per heavy atom. The van der Waals surface area contributed by atoms with E-state index < -0.39 is 17.7 Å². The van der Waals surface area contributed by atoms with Crippen LogP contribution < -0.4 is 0 Å². The summed E-state index contributed by atoms with van der Waals surface area (Å²) in [6, 6.07) is 5.63. The third-order valence-electron chi connectivity index (χ3n) is 4.38. The van der Waals surface area contributed by atoms with Crippen molar-refractivity contribution in [1.29, 1.82) is 0 Å². The molecular formula is C15H19F3O. The third kappa shape index (κ3) is 2.78. The summed E-state index contributed by atoms with van der Waals surface area (Å²) in [5.41, 5.74) is 1.73. The Kier molecular flexibility index (Phi) is 3.65. The number of aliphatic hydroxyl groups is 1. The monoisotopic (exact) mass is 272 g/mol. The summed E-state index contributed by atoms with van der Waals surface area (Å²) in [6.45, 7) is 3.86. The summed E-state index contributed by atoms with van der Waals surface area (Å²) < 4.78 is 38.0. The fourth-order valence-corrected chi connectivity index (χ4v) is 2.95. The topological polar surface area (TPSA) is 20.2 Å². The Bertz CT molecular complexity index is 457. The van der Waals surface area contributed by atoms with Crippen molar-refractivity contribution in [2.45, 2.75) is 51.3 Å². The Morgan fingerprint density at radius 3 is 2.26 bits per heavy atom. The lowest BCUT2D eigenvalue weighted by Gasteiger charge is -2.38. The first-order valence-corrected chi connectivity index (χ1v) is 6.60. The molecule has 1 aromatic rings. The number of hydrogen-bond donors (Lipinski definition) is 1. The van der Waals surface area contributed by atoms with Gasteiger partial charge in [-0.3, -0.25) is 0 Å². The highest BCUT2D eigenvalue weighted by molar-refractivity contribution is 5.37. The van der Waals surface area contributed by atoms with Gasteiger partial charge in [0, 0.05) is 0 Å². The molecule has 19 heavy (non-hydrogen) atoms. The molecule has 0 radical (unpaired) electrons. The first kappa shape index (κ1) is 14.4. The van der Waals surface area contributed by atoms with Gasteiger partial charge in [0.25, 0.3) is 0 Å². The van der Waals surface area contributed by atoms with Crippen LogP contribution in [0.5, 0.6) is 0 Å². The lowest BCUT2D eigenvalue weighted by Crippen LogP contribution is -2.36. The van der Waals surface area contributed by atoms with E-state index in [2.05, 4.69) is 0 Å². The number of halogens is 3. The van der Waals surface area contributed by atoms with Crippen LogP contribution in [-0.4, -0.2) is 11.3 Å². The summed E-state index contributed by atoms with van der Waals surface area (Å²) >= 11 is 0. The van der Waals surface area contributed by atoms with Crippen LogP contribution in [0.2, 0.25) is 0 Å². The molecule has 106 valence electrons. The molecule has 0 heterocycles. The minimum absolute atomic E-state index is 0.00732. The van der Waals surface area contributed by atoms with Gasteiger partial charge < -0.3 is 5.11 Å². The highest BCUT2D eigenvalue weighted by Gasteiger charge is 2.46. The average Bonchev–Trinajstić information content (AvgIpc) is 2.32. The molecule has 0 bridgehead atoms. The second-order valence-electron chi connectivity index (χ2n) is 5.59. The second-order valence-corrected chi connectivity index (χ2v) is 5.59. The molecule has 1 N–H and O–H groups in total. The van der Waals surface area contributed by atoms with E-state index in [1.54, 1.807) is 0 Å². The first-order valence-electron chi connectivity index (χ1n) is 6.60. The van der Waals surface area contributed by atoms with E-state index in [0.29, 0.717) is 0 Å². The van der Waals surface area contributed by atoms with Crippen molar-refractivity contribution < 1.29 is 18.3 Å². The van der Waals surface area contributed by atoms with Gasteiger partial charge >= 0.3 is 6.18 Å². The quantitative estimate of drug-likeness (QED) is 0.810. The molecule has 1 saturated carbocycles. The maximum atomic E-state index is 12.7. The van der Waals surface area contributed by atoms with Gasteiger partial charge in [0.1, 0.15) is 0 Å². The van der Waals surface area contributed by atoms with Crippen LogP contribution in [0.25, 0.3) is 0 Å². The van der Waals surface area contributed by atoms with Gasteiger partial charge in [0.05, 0.1) is 11.5 Å². The molecular weight excluding hydrogens is 253 g/mol. The number of benzene rings is 1. The normalized spacial score (nSPS) is 28.4. The summed E-state index contributed by atoms with van der Waals surface area (Å²) in [6.07, 6.45) is -3.76. The minimum atomic E-state index is -4.14. The molecule has 1 aliphatic rings. The zero-order valence-electron chi connectivity index (χ0n) is 11.2. The zero-order chi connectivity index (χ0) is 14.3. The van der Waals surface area contributed by atoms with Crippen molar-refractivity contribution >= 4 is 0 Å². The number of hydrogen-bond acceptors (Lipinski definition) is 1. The van der Waals surface area contributed by atoms with Crippen molar-refractivity contribution in [2.24, 2.45) is 5.92 Å². The molecule has 0 aromatic heterocycles. The molecule has 0 atom stereocenters. The van der Waals surface area contributed by atoms with E-state index in [-0.39, 0.29) is 25.7 Å².